The second-order valence-electron chi connectivity index (χ2n) is 12.7. The molecule has 0 spiro atoms. The highest BCUT2D eigenvalue weighted by Crippen LogP contribution is 2.70. The van der Waals surface area contributed by atoms with Crippen LogP contribution in [0.15, 0.2) is 47.6 Å². The highest BCUT2D eigenvalue weighted by molar-refractivity contribution is 5.71. The van der Waals surface area contributed by atoms with Crippen molar-refractivity contribution < 1.29 is 24.9 Å². The van der Waals surface area contributed by atoms with Crippen molar-refractivity contribution in [3.05, 3.63) is 47.6 Å². The lowest BCUT2D eigenvalue weighted by Crippen LogP contribution is -2.48. The lowest BCUT2D eigenvalue weighted by atomic mass is 9.48. The topological polar surface area (TPSA) is 94.8 Å². The molecular formula is C31H46O5. The summed E-state index contributed by atoms with van der Waals surface area (Å²) < 4.78 is 0. The van der Waals surface area contributed by atoms with Crippen molar-refractivity contribution in [2.75, 3.05) is 0 Å². The summed E-state index contributed by atoms with van der Waals surface area (Å²) >= 11 is 0. The fourth-order valence-electron chi connectivity index (χ4n) is 7.85. The number of aliphatic hydroxyl groups is 1. The second-order valence-corrected chi connectivity index (χ2v) is 12.7. The van der Waals surface area contributed by atoms with Crippen molar-refractivity contribution in [2.24, 2.45) is 39.9 Å². The zero-order valence-electron chi connectivity index (χ0n) is 23.1. The van der Waals surface area contributed by atoms with Gasteiger partial charge in [0.1, 0.15) is 0 Å². The SMILES string of the molecule is C=C(CCC(C(=O)O)C1C(O)C[C@@]2(C)C3=CCC(C(=C)C)[C@](C)(CCC(=O)O)C3=CC[C@]12C)C(C)C. The van der Waals surface area contributed by atoms with E-state index in [-0.39, 0.29) is 23.7 Å². The van der Waals surface area contributed by atoms with E-state index in [2.05, 4.69) is 59.9 Å². The molecule has 4 unspecified atom stereocenters. The van der Waals surface area contributed by atoms with Crippen molar-refractivity contribution in [3.63, 3.8) is 0 Å². The van der Waals surface area contributed by atoms with Gasteiger partial charge in [0.25, 0.3) is 0 Å². The Bertz CT molecular complexity index is 1000. The summed E-state index contributed by atoms with van der Waals surface area (Å²) in [6, 6.07) is 0. The fraction of sp³-hybridized carbons (Fsp3) is 0.677. The standard InChI is InChI=1S/C31H46O5/c1-18(2)20(5)9-10-21(28(35)36)27-25(32)17-31(8)24-12-11-22(19(3)4)29(6,15-14-26(33)34)23(24)13-16-30(27,31)7/h12-13,18,21-22,25,27,32H,3,5,9-11,14-17H2,1-2,4,6-8H3,(H,33,34)(H,35,36)/t21?,22?,25?,27?,29-,30+,31-/m0/s1. The number of carboxylic acids is 2. The molecule has 0 aromatic heterocycles. The number of aliphatic hydroxyl groups excluding tert-OH is 1. The average molecular weight is 499 g/mol. The highest BCUT2D eigenvalue weighted by Gasteiger charge is 2.65. The molecular weight excluding hydrogens is 452 g/mol. The molecule has 0 aliphatic heterocycles. The van der Waals surface area contributed by atoms with Crippen molar-refractivity contribution in [1.82, 2.24) is 0 Å². The van der Waals surface area contributed by atoms with E-state index in [0.717, 1.165) is 17.6 Å². The molecule has 0 aromatic rings. The van der Waals surface area contributed by atoms with Crippen LogP contribution in [0, 0.1) is 39.9 Å². The van der Waals surface area contributed by atoms with E-state index >= 15 is 0 Å². The maximum absolute atomic E-state index is 12.6. The Balaban J connectivity index is 2.05. The molecule has 3 rings (SSSR count). The summed E-state index contributed by atoms with van der Waals surface area (Å²) in [5, 5.41) is 31.2. The molecule has 200 valence electrons. The first-order valence-electron chi connectivity index (χ1n) is 13.5. The van der Waals surface area contributed by atoms with Crippen molar-refractivity contribution in [1.29, 1.82) is 0 Å². The van der Waals surface area contributed by atoms with Gasteiger partial charge in [-0.2, -0.15) is 0 Å². The number of rotatable bonds is 10. The molecule has 3 N–H and O–H groups in total. The van der Waals surface area contributed by atoms with E-state index in [1.165, 1.54) is 11.1 Å². The van der Waals surface area contributed by atoms with Gasteiger partial charge in [-0.05, 0) is 79.3 Å². The summed E-state index contributed by atoms with van der Waals surface area (Å²) in [7, 11) is 0. The molecule has 0 aromatic carbocycles. The van der Waals surface area contributed by atoms with E-state index in [4.69, 9.17) is 0 Å². The van der Waals surface area contributed by atoms with Gasteiger partial charge in [-0.15, -0.1) is 0 Å². The van der Waals surface area contributed by atoms with Gasteiger partial charge in [0, 0.05) is 17.8 Å². The van der Waals surface area contributed by atoms with Crippen LogP contribution in [0.1, 0.15) is 86.5 Å². The average Bonchev–Trinajstić information content (AvgIpc) is 2.98. The first-order valence-corrected chi connectivity index (χ1v) is 13.5. The molecule has 0 amide bonds. The van der Waals surface area contributed by atoms with E-state index in [9.17, 15) is 24.9 Å². The first kappa shape index (κ1) is 28.4. The summed E-state index contributed by atoms with van der Waals surface area (Å²) in [5.74, 6) is -2.22. The molecule has 0 radical (unpaired) electrons. The third-order valence-electron chi connectivity index (χ3n) is 10.4. The molecule has 1 saturated carbocycles. The van der Waals surface area contributed by atoms with Crippen molar-refractivity contribution in [3.8, 4) is 0 Å². The Hall–Kier alpha value is -2.14. The summed E-state index contributed by atoms with van der Waals surface area (Å²) in [6.45, 7) is 21.1. The van der Waals surface area contributed by atoms with Gasteiger partial charge in [-0.25, -0.2) is 0 Å². The fourth-order valence-corrected chi connectivity index (χ4v) is 7.85. The highest BCUT2D eigenvalue weighted by atomic mass is 16.4. The molecule has 5 heteroatoms. The quantitative estimate of drug-likeness (QED) is 0.288. The van der Waals surface area contributed by atoms with E-state index in [1.54, 1.807) is 0 Å². The summed E-state index contributed by atoms with van der Waals surface area (Å²) in [6.07, 6.45) is 7.48. The minimum atomic E-state index is -0.845. The predicted molar refractivity (Wildman–Crippen MR) is 143 cm³/mol. The Morgan fingerprint density at radius 3 is 2.25 bits per heavy atom. The Kier molecular flexibility index (Phi) is 7.87. The molecule has 5 nitrogen and oxygen atoms in total. The molecule has 7 atom stereocenters. The minimum absolute atomic E-state index is 0.0883. The number of hydrogen-bond acceptors (Lipinski definition) is 3. The van der Waals surface area contributed by atoms with Crippen LogP contribution >= 0.6 is 0 Å². The molecule has 36 heavy (non-hydrogen) atoms. The van der Waals surface area contributed by atoms with Crippen LogP contribution in [0.5, 0.6) is 0 Å². The number of aliphatic carboxylic acids is 2. The van der Waals surface area contributed by atoms with E-state index < -0.39 is 34.8 Å². The third kappa shape index (κ3) is 4.53. The number of hydrogen-bond donors (Lipinski definition) is 3. The van der Waals surface area contributed by atoms with Crippen LogP contribution in [0.3, 0.4) is 0 Å². The van der Waals surface area contributed by atoms with Gasteiger partial charge < -0.3 is 15.3 Å². The summed E-state index contributed by atoms with van der Waals surface area (Å²) in [5.41, 5.74) is 3.28. The predicted octanol–water partition coefficient (Wildman–Crippen LogP) is 6.80. The van der Waals surface area contributed by atoms with Crippen LogP contribution in [-0.2, 0) is 9.59 Å². The number of carboxylic acid groups (broad SMARTS) is 2. The first-order chi connectivity index (χ1) is 16.6. The van der Waals surface area contributed by atoms with Gasteiger partial charge in [0.2, 0.25) is 0 Å². The smallest absolute Gasteiger partial charge is 0.306 e. The van der Waals surface area contributed by atoms with Gasteiger partial charge in [0.05, 0.1) is 12.0 Å². The van der Waals surface area contributed by atoms with Crippen molar-refractivity contribution in [2.45, 2.75) is 92.6 Å². The molecule has 3 aliphatic carbocycles. The molecule has 0 heterocycles. The van der Waals surface area contributed by atoms with Crippen LogP contribution in [-0.4, -0.2) is 33.4 Å². The number of allylic oxidation sites excluding steroid dienone is 6. The van der Waals surface area contributed by atoms with Crippen LogP contribution in [0.4, 0.5) is 0 Å². The third-order valence-corrected chi connectivity index (χ3v) is 10.4. The molecule has 0 bridgehead atoms. The van der Waals surface area contributed by atoms with E-state index in [1.807, 2.05) is 6.92 Å². The van der Waals surface area contributed by atoms with Crippen molar-refractivity contribution >= 4 is 11.9 Å². The number of carbonyl (C=O) groups is 2. The normalized spacial score (nSPS) is 36.4. The molecule has 3 aliphatic rings. The monoisotopic (exact) mass is 498 g/mol. The lowest BCUT2D eigenvalue weighted by Gasteiger charge is -2.56. The van der Waals surface area contributed by atoms with Gasteiger partial charge >= 0.3 is 11.9 Å². The Labute approximate surface area is 217 Å². The summed E-state index contributed by atoms with van der Waals surface area (Å²) in [4.78, 5) is 24.1. The van der Waals surface area contributed by atoms with E-state index in [0.29, 0.717) is 38.0 Å². The minimum Gasteiger partial charge on any atom is -0.481 e. The van der Waals surface area contributed by atoms with Crippen LogP contribution in [0.25, 0.3) is 0 Å². The Morgan fingerprint density at radius 1 is 1.08 bits per heavy atom. The molecule has 1 fully saturated rings. The maximum Gasteiger partial charge on any atom is 0.306 e. The van der Waals surface area contributed by atoms with Crippen LogP contribution in [0.2, 0.25) is 0 Å². The zero-order chi connectivity index (χ0) is 27.2. The maximum atomic E-state index is 12.6. The van der Waals surface area contributed by atoms with Gasteiger partial charge in [0.15, 0.2) is 0 Å². The van der Waals surface area contributed by atoms with Gasteiger partial charge in [-0.3, -0.25) is 9.59 Å². The van der Waals surface area contributed by atoms with Crippen LogP contribution < -0.4 is 0 Å². The van der Waals surface area contributed by atoms with Gasteiger partial charge in [-0.1, -0.05) is 71.1 Å². The largest absolute Gasteiger partial charge is 0.481 e. The lowest BCUT2D eigenvalue weighted by molar-refractivity contribution is -0.148. The molecule has 0 saturated heterocycles. The zero-order valence-corrected chi connectivity index (χ0v) is 23.1. The Morgan fingerprint density at radius 2 is 1.72 bits per heavy atom. The second kappa shape index (κ2) is 9.96. The number of fused-ring (bicyclic) bond motifs is 3.